The van der Waals surface area contributed by atoms with Crippen LogP contribution in [0.25, 0.3) is 44.7 Å². The lowest BCUT2D eigenvalue weighted by Crippen LogP contribution is -2.02. The number of anilines is 1. The molecule has 5 aromatic rings. The highest BCUT2D eigenvalue weighted by Gasteiger charge is 2.18. The zero-order chi connectivity index (χ0) is 21.4. The first-order valence-corrected chi connectivity index (χ1v) is 10.0. The molecule has 154 valence electrons. The van der Waals surface area contributed by atoms with Crippen LogP contribution in [0.3, 0.4) is 0 Å². The Balaban J connectivity index is 1.61. The number of fused-ring (bicyclic) bond motifs is 2. The summed E-state index contributed by atoms with van der Waals surface area (Å²) in [5.74, 6) is 1.10. The summed E-state index contributed by atoms with van der Waals surface area (Å²) in [5.41, 5.74) is 3.43. The molecule has 0 spiro atoms. The molecule has 0 aliphatic carbocycles. The summed E-state index contributed by atoms with van der Waals surface area (Å²) in [4.78, 5) is 15.5. The van der Waals surface area contributed by atoms with E-state index in [0.717, 1.165) is 40.7 Å². The van der Waals surface area contributed by atoms with Crippen LogP contribution < -0.4 is 5.32 Å². The van der Waals surface area contributed by atoms with Crippen LogP contribution in [0, 0.1) is 10.1 Å². The van der Waals surface area contributed by atoms with Gasteiger partial charge in [-0.15, -0.1) is 0 Å². The second kappa shape index (κ2) is 7.60. The van der Waals surface area contributed by atoms with Crippen molar-refractivity contribution in [2.75, 3.05) is 11.9 Å². The minimum Gasteiger partial charge on any atom is -0.463 e. The molecule has 7 nitrogen and oxygen atoms in total. The highest BCUT2D eigenvalue weighted by molar-refractivity contribution is 5.96. The van der Waals surface area contributed by atoms with Gasteiger partial charge < -0.3 is 14.2 Å². The summed E-state index contributed by atoms with van der Waals surface area (Å²) in [6.07, 6.45) is 2.66. The Kier molecular flexibility index (Phi) is 4.63. The number of hydrogen-bond donors (Lipinski definition) is 1. The predicted octanol–water partition coefficient (Wildman–Crippen LogP) is 6.64. The van der Waals surface area contributed by atoms with E-state index in [4.69, 9.17) is 8.83 Å². The van der Waals surface area contributed by atoms with Crippen molar-refractivity contribution in [3.63, 3.8) is 0 Å². The molecule has 1 N–H and O–H groups in total. The number of rotatable bonds is 6. The Hall–Kier alpha value is -4.13. The summed E-state index contributed by atoms with van der Waals surface area (Å²) < 4.78 is 11.8. The molecule has 0 radical (unpaired) electrons. The second-order valence-corrected chi connectivity index (χ2v) is 7.27. The van der Waals surface area contributed by atoms with E-state index in [-0.39, 0.29) is 5.69 Å². The van der Waals surface area contributed by atoms with E-state index in [0.29, 0.717) is 22.6 Å². The monoisotopic (exact) mass is 413 g/mol. The van der Waals surface area contributed by atoms with E-state index in [1.54, 1.807) is 12.3 Å². The van der Waals surface area contributed by atoms with E-state index in [1.165, 1.54) is 12.1 Å². The number of furan rings is 1. The van der Waals surface area contributed by atoms with Crippen molar-refractivity contribution in [2.24, 2.45) is 0 Å². The number of benzene rings is 3. The van der Waals surface area contributed by atoms with Crippen molar-refractivity contribution >= 4 is 33.2 Å². The molecule has 0 unspecified atom stereocenters. The van der Waals surface area contributed by atoms with Gasteiger partial charge in [-0.2, -0.15) is 0 Å². The molecule has 0 saturated heterocycles. The lowest BCUT2D eigenvalue weighted by molar-refractivity contribution is -0.384. The van der Waals surface area contributed by atoms with Gasteiger partial charge in [-0.1, -0.05) is 31.2 Å². The minimum absolute atomic E-state index is 0.0120. The van der Waals surface area contributed by atoms with Gasteiger partial charge >= 0.3 is 0 Å². The van der Waals surface area contributed by atoms with Crippen LogP contribution in [-0.4, -0.2) is 16.5 Å². The van der Waals surface area contributed by atoms with E-state index in [1.807, 2.05) is 42.5 Å². The number of nitrogens with one attached hydrogen (secondary N) is 1. The number of aromatic nitrogens is 1. The van der Waals surface area contributed by atoms with Gasteiger partial charge in [0.2, 0.25) is 5.89 Å². The molecule has 0 atom stereocenters. The molecule has 2 aromatic heterocycles. The van der Waals surface area contributed by atoms with Gasteiger partial charge in [0.15, 0.2) is 5.58 Å². The Bertz CT molecular complexity index is 1420. The van der Waals surface area contributed by atoms with E-state index < -0.39 is 4.92 Å². The van der Waals surface area contributed by atoms with Crippen LogP contribution in [-0.2, 0) is 0 Å². The average Bonchev–Trinajstić information content (AvgIpc) is 3.41. The van der Waals surface area contributed by atoms with Crippen LogP contribution in [0.1, 0.15) is 13.3 Å². The van der Waals surface area contributed by atoms with E-state index in [9.17, 15) is 10.1 Å². The Morgan fingerprint density at radius 2 is 1.97 bits per heavy atom. The molecular formula is C24H19N3O4. The maximum atomic E-state index is 11.3. The number of nitro groups is 1. The first kappa shape index (κ1) is 18.9. The fourth-order valence-corrected chi connectivity index (χ4v) is 3.64. The largest absolute Gasteiger partial charge is 0.463 e. The topological polar surface area (TPSA) is 94.3 Å². The Morgan fingerprint density at radius 1 is 1.10 bits per heavy atom. The van der Waals surface area contributed by atoms with Gasteiger partial charge in [0.25, 0.3) is 5.69 Å². The third kappa shape index (κ3) is 3.40. The van der Waals surface area contributed by atoms with Crippen molar-refractivity contribution in [1.82, 2.24) is 4.98 Å². The van der Waals surface area contributed by atoms with Crippen molar-refractivity contribution in [3.05, 3.63) is 77.0 Å². The second-order valence-electron chi connectivity index (χ2n) is 7.27. The molecule has 2 heterocycles. The van der Waals surface area contributed by atoms with Crippen molar-refractivity contribution < 1.29 is 13.8 Å². The van der Waals surface area contributed by atoms with Crippen LogP contribution >= 0.6 is 0 Å². The van der Waals surface area contributed by atoms with Gasteiger partial charge in [-0.25, -0.2) is 4.98 Å². The number of nitro benzene ring substituents is 1. The predicted molar refractivity (Wildman–Crippen MR) is 120 cm³/mol. The van der Waals surface area contributed by atoms with Crippen LogP contribution in [0.15, 0.2) is 75.8 Å². The summed E-state index contributed by atoms with van der Waals surface area (Å²) in [6, 6.07) is 18.3. The zero-order valence-corrected chi connectivity index (χ0v) is 16.8. The van der Waals surface area contributed by atoms with Crippen molar-refractivity contribution in [1.29, 1.82) is 0 Å². The average molecular weight is 413 g/mol. The van der Waals surface area contributed by atoms with Crippen LogP contribution in [0.4, 0.5) is 11.4 Å². The maximum Gasteiger partial charge on any atom is 0.270 e. The molecule has 5 rings (SSSR count). The molecule has 0 aliphatic rings. The van der Waals surface area contributed by atoms with Gasteiger partial charge in [0.05, 0.1) is 16.7 Å². The van der Waals surface area contributed by atoms with Gasteiger partial charge in [0, 0.05) is 40.7 Å². The SMILES string of the molecule is CCCNc1ccc([N+](=O)[O-])cc1-c1nc2cc(-c3occ4ccccc34)ccc2o1. The van der Waals surface area contributed by atoms with Crippen molar-refractivity contribution in [2.45, 2.75) is 13.3 Å². The highest BCUT2D eigenvalue weighted by atomic mass is 16.6. The quantitative estimate of drug-likeness (QED) is 0.248. The third-order valence-corrected chi connectivity index (χ3v) is 5.17. The van der Waals surface area contributed by atoms with Gasteiger partial charge in [0.1, 0.15) is 11.3 Å². The summed E-state index contributed by atoms with van der Waals surface area (Å²) in [5, 5.41) is 16.6. The highest BCUT2D eigenvalue weighted by Crippen LogP contribution is 2.36. The fraction of sp³-hybridized carbons (Fsp3) is 0.125. The lowest BCUT2D eigenvalue weighted by atomic mass is 10.1. The number of non-ortho nitro benzene ring substituents is 1. The molecule has 0 fully saturated rings. The first-order chi connectivity index (χ1) is 15.1. The number of nitrogens with zero attached hydrogens (tertiary/aromatic N) is 2. The summed E-state index contributed by atoms with van der Waals surface area (Å²) >= 11 is 0. The molecular weight excluding hydrogens is 394 g/mol. The van der Waals surface area contributed by atoms with E-state index >= 15 is 0 Å². The van der Waals surface area contributed by atoms with Crippen molar-refractivity contribution in [3.8, 4) is 22.8 Å². The first-order valence-electron chi connectivity index (χ1n) is 10.0. The molecule has 31 heavy (non-hydrogen) atoms. The summed E-state index contributed by atoms with van der Waals surface area (Å²) in [6.45, 7) is 2.79. The van der Waals surface area contributed by atoms with E-state index in [2.05, 4.69) is 17.2 Å². The Morgan fingerprint density at radius 3 is 2.81 bits per heavy atom. The molecule has 7 heteroatoms. The molecule has 0 amide bonds. The molecule has 0 bridgehead atoms. The molecule has 0 saturated carbocycles. The van der Waals surface area contributed by atoms with Crippen LogP contribution in [0.5, 0.6) is 0 Å². The maximum absolute atomic E-state index is 11.3. The Labute approximate surface area is 177 Å². The zero-order valence-electron chi connectivity index (χ0n) is 16.8. The molecule has 0 aliphatic heterocycles. The third-order valence-electron chi connectivity index (χ3n) is 5.17. The van der Waals surface area contributed by atoms with Gasteiger partial charge in [-0.3, -0.25) is 10.1 Å². The molecule has 3 aromatic carbocycles. The number of hydrogen-bond acceptors (Lipinski definition) is 6. The smallest absolute Gasteiger partial charge is 0.270 e. The standard InChI is InChI=1S/C24H19N3O4/c1-2-11-25-20-9-8-17(27(28)29)13-19(20)24-26-21-12-15(7-10-22(21)31-24)23-18-6-4-3-5-16(18)14-30-23/h3-10,12-14,25H,2,11H2,1H3. The minimum atomic E-state index is -0.421. The number of oxazole rings is 1. The normalized spacial score (nSPS) is 11.3. The lowest BCUT2D eigenvalue weighted by Gasteiger charge is -2.08. The summed E-state index contributed by atoms with van der Waals surface area (Å²) in [7, 11) is 0. The van der Waals surface area contributed by atoms with Crippen LogP contribution in [0.2, 0.25) is 0 Å². The fourth-order valence-electron chi connectivity index (χ4n) is 3.64. The van der Waals surface area contributed by atoms with Gasteiger partial charge in [-0.05, 0) is 30.7 Å².